The van der Waals surface area contributed by atoms with Crippen LogP contribution in [0.15, 0.2) is 39.9 Å². The molecule has 1 saturated heterocycles. The first-order chi connectivity index (χ1) is 14.9. The topological polar surface area (TPSA) is 106 Å². The van der Waals surface area contributed by atoms with E-state index < -0.39 is 11.2 Å². The average molecular weight is 429 g/mol. The summed E-state index contributed by atoms with van der Waals surface area (Å²) in [5.41, 5.74) is 6.10. The summed E-state index contributed by atoms with van der Waals surface area (Å²) in [6, 6.07) is 9.42. The number of aromatic amines is 1. The van der Waals surface area contributed by atoms with Crippen LogP contribution >= 0.6 is 0 Å². The fourth-order valence-electron chi connectivity index (χ4n) is 4.16. The molecule has 1 aromatic heterocycles. The Balaban J connectivity index is 1.96. The zero-order valence-corrected chi connectivity index (χ0v) is 18.5. The number of carbonyl (C=O) groups excluding carboxylic acids is 1. The number of rotatable bonds is 7. The van der Waals surface area contributed by atoms with Crippen molar-refractivity contribution in [3.05, 3.63) is 56.7 Å². The van der Waals surface area contributed by atoms with Gasteiger partial charge in [-0.05, 0) is 37.2 Å². The van der Waals surface area contributed by atoms with Gasteiger partial charge in [0.1, 0.15) is 5.82 Å². The average Bonchev–Trinajstić information content (AvgIpc) is 2.99. The van der Waals surface area contributed by atoms with E-state index in [0.29, 0.717) is 13.1 Å². The molecule has 0 spiro atoms. The molecule has 8 nitrogen and oxygen atoms in total. The fraction of sp³-hybridized carbons (Fsp3) is 0.522. The van der Waals surface area contributed by atoms with Gasteiger partial charge in [0.25, 0.3) is 11.5 Å². The first-order valence-corrected chi connectivity index (χ1v) is 11.2. The monoisotopic (exact) mass is 428 g/mol. The van der Waals surface area contributed by atoms with E-state index in [1.165, 1.54) is 27.2 Å². The number of H-pyrrole nitrogens is 1. The van der Waals surface area contributed by atoms with Crippen LogP contribution in [0.25, 0.3) is 0 Å². The molecule has 0 atom stereocenters. The van der Waals surface area contributed by atoms with Crippen molar-refractivity contribution in [2.45, 2.75) is 46.1 Å². The number of likely N-dealkylation sites (tertiary alicyclic amines) is 1. The summed E-state index contributed by atoms with van der Waals surface area (Å²) in [4.78, 5) is 43.7. The second-order valence-corrected chi connectivity index (χ2v) is 8.80. The summed E-state index contributed by atoms with van der Waals surface area (Å²) in [5.74, 6) is 0.0292. The molecule has 0 bridgehead atoms. The molecule has 0 aliphatic carbocycles. The highest BCUT2D eigenvalue weighted by Crippen LogP contribution is 2.19. The van der Waals surface area contributed by atoms with Gasteiger partial charge in [-0.3, -0.25) is 24.0 Å². The number of aromatic nitrogens is 2. The van der Waals surface area contributed by atoms with Gasteiger partial charge in [-0.15, -0.1) is 0 Å². The third kappa shape index (κ3) is 5.85. The number of quaternary nitrogens is 1. The van der Waals surface area contributed by atoms with E-state index in [9.17, 15) is 14.4 Å². The summed E-state index contributed by atoms with van der Waals surface area (Å²) in [5, 5.41) is 0. The van der Waals surface area contributed by atoms with Crippen LogP contribution in [-0.2, 0) is 11.3 Å². The normalized spacial score (nSPS) is 15.1. The van der Waals surface area contributed by atoms with Gasteiger partial charge in [0.05, 0.1) is 19.6 Å². The maximum Gasteiger partial charge on any atom is 0.330 e. The molecule has 8 heteroatoms. The number of anilines is 2. The lowest BCUT2D eigenvalue weighted by atomic mass is 10.2. The quantitative estimate of drug-likeness (QED) is 0.601. The van der Waals surface area contributed by atoms with Crippen LogP contribution in [-0.4, -0.2) is 41.6 Å². The highest BCUT2D eigenvalue weighted by molar-refractivity contribution is 5.96. The Morgan fingerprint density at radius 2 is 1.77 bits per heavy atom. The molecular formula is C23H34N5O3+. The Kier molecular flexibility index (Phi) is 7.68. The van der Waals surface area contributed by atoms with Crippen molar-refractivity contribution in [3.8, 4) is 0 Å². The van der Waals surface area contributed by atoms with Crippen LogP contribution < -0.4 is 26.8 Å². The number of nitrogen functional groups attached to an aromatic ring is 1. The largest absolute Gasteiger partial charge is 0.383 e. The van der Waals surface area contributed by atoms with Crippen molar-refractivity contribution in [1.82, 2.24) is 9.55 Å². The standard InChI is InChI=1S/C23H33N5O3/c1-17(2)14-27(19(29)16-26-12-8-3-4-9-13-26)20-21(24)28(23(31)25-22(20)30)15-18-10-6-5-7-11-18/h5-7,10-11,17H,3-4,8-9,12-16,24H2,1-2H3,(H,25,30,31)/p+1. The van der Waals surface area contributed by atoms with Crippen molar-refractivity contribution < 1.29 is 9.69 Å². The molecule has 168 valence electrons. The molecule has 3 rings (SSSR count). The van der Waals surface area contributed by atoms with Crippen molar-refractivity contribution in [3.63, 3.8) is 0 Å². The number of nitrogens with zero attached hydrogens (tertiary/aromatic N) is 2. The minimum Gasteiger partial charge on any atom is -0.383 e. The minimum atomic E-state index is -0.619. The van der Waals surface area contributed by atoms with Crippen LogP contribution in [0, 0.1) is 5.92 Å². The van der Waals surface area contributed by atoms with E-state index >= 15 is 0 Å². The Morgan fingerprint density at radius 1 is 1.13 bits per heavy atom. The molecule has 1 fully saturated rings. The third-order valence-corrected chi connectivity index (χ3v) is 5.73. The Labute approximate surface area is 182 Å². The Hall–Kier alpha value is -2.87. The van der Waals surface area contributed by atoms with Crippen LogP contribution in [0.5, 0.6) is 0 Å². The minimum absolute atomic E-state index is 0.0254. The Morgan fingerprint density at radius 3 is 2.39 bits per heavy atom. The van der Waals surface area contributed by atoms with Gasteiger partial charge in [0.15, 0.2) is 12.2 Å². The lowest BCUT2D eigenvalue weighted by Crippen LogP contribution is -3.13. The second-order valence-electron chi connectivity index (χ2n) is 8.80. The number of hydrogen-bond acceptors (Lipinski definition) is 4. The van der Waals surface area contributed by atoms with Crippen LogP contribution in [0.4, 0.5) is 11.5 Å². The van der Waals surface area contributed by atoms with E-state index in [-0.39, 0.29) is 29.9 Å². The van der Waals surface area contributed by atoms with E-state index in [2.05, 4.69) is 4.98 Å². The van der Waals surface area contributed by atoms with Crippen molar-refractivity contribution in [2.75, 3.05) is 36.8 Å². The van der Waals surface area contributed by atoms with E-state index in [1.54, 1.807) is 0 Å². The van der Waals surface area contributed by atoms with Crippen molar-refractivity contribution >= 4 is 17.4 Å². The summed E-state index contributed by atoms with van der Waals surface area (Å²) >= 11 is 0. The van der Waals surface area contributed by atoms with E-state index in [4.69, 9.17) is 5.73 Å². The highest BCUT2D eigenvalue weighted by Gasteiger charge is 2.28. The summed E-state index contributed by atoms with van der Waals surface area (Å²) < 4.78 is 1.32. The first-order valence-electron chi connectivity index (χ1n) is 11.2. The fourth-order valence-corrected chi connectivity index (χ4v) is 4.16. The van der Waals surface area contributed by atoms with Gasteiger partial charge >= 0.3 is 5.69 Å². The number of amides is 1. The maximum atomic E-state index is 13.3. The molecule has 0 radical (unpaired) electrons. The summed E-state index contributed by atoms with van der Waals surface area (Å²) in [6.07, 6.45) is 4.61. The van der Waals surface area contributed by atoms with E-state index in [0.717, 1.165) is 31.5 Å². The molecule has 0 saturated carbocycles. The molecule has 4 N–H and O–H groups in total. The molecule has 2 aromatic rings. The molecular weight excluding hydrogens is 394 g/mol. The zero-order valence-electron chi connectivity index (χ0n) is 18.5. The molecule has 1 aromatic carbocycles. The number of carbonyl (C=O) groups is 1. The van der Waals surface area contributed by atoms with E-state index in [1.807, 2.05) is 44.2 Å². The van der Waals surface area contributed by atoms with Gasteiger partial charge in [0, 0.05) is 6.54 Å². The van der Waals surface area contributed by atoms with Crippen LogP contribution in [0.3, 0.4) is 0 Å². The molecule has 31 heavy (non-hydrogen) atoms. The lowest BCUT2D eigenvalue weighted by Gasteiger charge is -2.27. The number of nitrogens with one attached hydrogen (secondary N) is 2. The van der Waals surface area contributed by atoms with Gasteiger partial charge in [0.2, 0.25) is 0 Å². The first kappa shape index (κ1) is 22.8. The van der Waals surface area contributed by atoms with Gasteiger partial charge in [-0.2, -0.15) is 0 Å². The molecule has 2 heterocycles. The summed E-state index contributed by atoms with van der Waals surface area (Å²) in [6.45, 7) is 6.80. The number of benzene rings is 1. The number of nitrogens with two attached hydrogens (primary N) is 1. The Bertz CT molecular complexity index is 989. The second kappa shape index (κ2) is 10.4. The third-order valence-electron chi connectivity index (χ3n) is 5.73. The zero-order chi connectivity index (χ0) is 22.4. The predicted octanol–water partition coefficient (Wildman–Crippen LogP) is 0.615. The molecule has 1 amide bonds. The SMILES string of the molecule is CC(C)CN(C(=O)C[NH+]1CCCCCC1)c1c(N)n(Cc2ccccc2)c(=O)[nH]c1=O. The molecule has 0 unspecified atom stereocenters. The van der Waals surface area contributed by atoms with Gasteiger partial charge < -0.3 is 10.6 Å². The van der Waals surface area contributed by atoms with Crippen molar-refractivity contribution in [2.24, 2.45) is 5.92 Å². The van der Waals surface area contributed by atoms with Crippen molar-refractivity contribution in [1.29, 1.82) is 0 Å². The predicted molar refractivity (Wildman–Crippen MR) is 123 cm³/mol. The smallest absolute Gasteiger partial charge is 0.330 e. The number of hydrogen-bond donors (Lipinski definition) is 3. The molecule has 1 aliphatic rings. The maximum absolute atomic E-state index is 13.3. The highest BCUT2D eigenvalue weighted by atomic mass is 16.2. The lowest BCUT2D eigenvalue weighted by molar-refractivity contribution is -0.891. The van der Waals surface area contributed by atoms with Gasteiger partial charge in [-0.1, -0.05) is 44.2 Å². The molecule has 1 aliphatic heterocycles. The van der Waals surface area contributed by atoms with Crippen LogP contribution in [0.2, 0.25) is 0 Å². The van der Waals surface area contributed by atoms with Crippen LogP contribution in [0.1, 0.15) is 45.1 Å². The van der Waals surface area contributed by atoms with Gasteiger partial charge in [-0.25, -0.2) is 4.79 Å². The summed E-state index contributed by atoms with van der Waals surface area (Å²) in [7, 11) is 0.